The van der Waals surface area contributed by atoms with Crippen LogP contribution in [0, 0.1) is 0 Å². The van der Waals surface area contributed by atoms with Crippen LogP contribution in [0.15, 0.2) is 180 Å². The molecule has 11 rings (SSSR count). The van der Waals surface area contributed by atoms with E-state index >= 15 is 0 Å². The standard InChI is InChI=1S/C49H29N3OS/c1-2-10-31(11-3-1)42-29-43(52-49(51-42)32-20-18-30(19-21-32)34-26-27-50-41-15-7-4-12-36(34)41)39-25-24-35(48-47(39)40-14-5-8-16-44(40)53-48)33-22-23-38-37-13-6-9-17-45(37)54-46(38)28-33/h1-29H. The van der Waals surface area contributed by atoms with E-state index in [4.69, 9.17) is 14.4 Å². The summed E-state index contributed by atoms with van der Waals surface area (Å²) in [5.41, 5.74) is 11.8. The fourth-order valence-electron chi connectivity index (χ4n) is 7.78. The summed E-state index contributed by atoms with van der Waals surface area (Å²) in [6, 6.07) is 59.4. The number of thiophene rings is 1. The van der Waals surface area contributed by atoms with Crippen LogP contribution in [0.5, 0.6) is 0 Å². The molecular formula is C49H29N3OS. The minimum atomic E-state index is 0.665. The molecule has 0 spiro atoms. The molecule has 0 amide bonds. The quantitative estimate of drug-likeness (QED) is 0.179. The molecule has 7 aromatic carbocycles. The molecule has 252 valence electrons. The molecule has 0 atom stereocenters. The van der Waals surface area contributed by atoms with Crippen LogP contribution in [-0.2, 0) is 0 Å². The zero-order valence-corrected chi connectivity index (χ0v) is 29.7. The lowest BCUT2D eigenvalue weighted by atomic mass is 9.95. The van der Waals surface area contributed by atoms with E-state index in [1.165, 1.54) is 20.2 Å². The Balaban J connectivity index is 1.09. The maximum absolute atomic E-state index is 6.74. The molecule has 5 heteroatoms. The van der Waals surface area contributed by atoms with Crippen molar-refractivity contribution in [3.63, 3.8) is 0 Å². The van der Waals surface area contributed by atoms with Gasteiger partial charge in [-0.3, -0.25) is 4.98 Å². The van der Waals surface area contributed by atoms with Crippen LogP contribution in [0.2, 0.25) is 0 Å². The van der Waals surface area contributed by atoms with E-state index in [0.29, 0.717) is 5.82 Å². The van der Waals surface area contributed by atoms with Crippen LogP contribution < -0.4 is 0 Å². The highest BCUT2D eigenvalue weighted by Crippen LogP contribution is 2.44. The summed E-state index contributed by atoms with van der Waals surface area (Å²) in [5, 5.41) is 5.80. The van der Waals surface area contributed by atoms with Crippen molar-refractivity contribution >= 4 is 64.4 Å². The Bertz CT molecular complexity index is 3210. The zero-order valence-electron chi connectivity index (χ0n) is 28.9. The van der Waals surface area contributed by atoms with Crippen LogP contribution in [0.25, 0.3) is 109 Å². The van der Waals surface area contributed by atoms with Crippen LogP contribution in [0.4, 0.5) is 0 Å². The Kier molecular flexibility index (Phi) is 7.00. The molecular weight excluding hydrogens is 679 g/mol. The Labute approximate surface area is 314 Å². The second-order valence-corrected chi connectivity index (χ2v) is 14.6. The largest absolute Gasteiger partial charge is 0.455 e. The normalized spacial score (nSPS) is 11.7. The van der Waals surface area contributed by atoms with Gasteiger partial charge < -0.3 is 4.42 Å². The zero-order chi connectivity index (χ0) is 35.6. The molecule has 4 heterocycles. The van der Waals surface area contributed by atoms with Gasteiger partial charge >= 0.3 is 0 Å². The summed E-state index contributed by atoms with van der Waals surface area (Å²) >= 11 is 1.83. The first kappa shape index (κ1) is 30.7. The van der Waals surface area contributed by atoms with Crippen LogP contribution in [0.1, 0.15) is 0 Å². The molecule has 0 aliphatic rings. The number of pyridine rings is 1. The second kappa shape index (κ2) is 12.3. The number of hydrogen-bond acceptors (Lipinski definition) is 5. The molecule has 0 unspecified atom stereocenters. The molecule has 0 fully saturated rings. The van der Waals surface area contributed by atoms with Gasteiger partial charge in [0.05, 0.1) is 16.9 Å². The molecule has 0 aliphatic carbocycles. The number of nitrogens with zero attached hydrogens (tertiary/aromatic N) is 3. The number of fused-ring (bicyclic) bond motifs is 7. The molecule has 0 saturated heterocycles. The maximum Gasteiger partial charge on any atom is 0.160 e. The number of aromatic nitrogens is 3. The third-order valence-electron chi connectivity index (χ3n) is 10.4. The predicted molar refractivity (Wildman–Crippen MR) is 225 cm³/mol. The SMILES string of the molecule is c1ccc(-c2cc(-c3ccc(-c4ccc5c(c4)sc4ccccc45)c4oc5ccccc5c34)nc(-c3ccc(-c4ccnc5ccccc45)cc3)n2)cc1. The average Bonchev–Trinajstić information content (AvgIpc) is 3.82. The first-order valence-electron chi connectivity index (χ1n) is 18.0. The highest BCUT2D eigenvalue weighted by Gasteiger charge is 2.20. The smallest absolute Gasteiger partial charge is 0.160 e. The first-order valence-corrected chi connectivity index (χ1v) is 18.8. The summed E-state index contributed by atoms with van der Waals surface area (Å²) in [5.74, 6) is 0.665. The van der Waals surface area contributed by atoms with Gasteiger partial charge in [-0.05, 0) is 59.2 Å². The van der Waals surface area contributed by atoms with E-state index in [9.17, 15) is 0 Å². The van der Waals surface area contributed by atoms with Gasteiger partial charge in [-0.2, -0.15) is 0 Å². The Hall–Kier alpha value is -6.95. The van der Waals surface area contributed by atoms with Crippen LogP contribution in [-0.4, -0.2) is 15.0 Å². The van der Waals surface area contributed by atoms with Crippen molar-refractivity contribution in [2.45, 2.75) is 0 Å². The van der Waals surface area contributed by atoms with E-state index in [1.54, 1.807) is 0 Å². The van der Waals surface area contributed by atoms with E-state index in [1.807, 2.05) is 47.9 Å². The minimum Gasteiger partial charge on any atom is -0.455 e. The Morgan fingerprint density at radius 2 is 1.11 bits per heavy atom. The van der Waals surface area contributed by atoms with Gasteiger partial charge in [-0.1, -0.05) is 127 Å². The molecule has 0 saturated carbocycles. The molecule has 0 N–H and O–H groups in total. The predicted octanol–water partition coefficient (Wildman–Crippen LogP) is 13.6. The number of benzene rings is 7. The van der Waals surface area contributed by atoms with Crippen molar-refractivity contribution in [3.8, 4) is 56.2 Å². The third kappa shape index (κ3) is 5.01. The lowest BCUT2D eigenvalue weighted by Gasteiger charge is -2.12. The highest BCUT2D eigenvalue weighted by molar-refractivity contribution is 7.25. The van der Waals surface area contributed by atoms with Gasteiger partial charge in [-0.15, -0.1) is 11.3 Å². The average molecular weight is 708 g/mol. The van der Waals surface area contributed by atoms with Crippen molar-refractivity contribution in [1.82, 2.24) is 15.0 Å². The van der Waals surface area contributed by atoms with Crippen molar-refractivity contribution in [2.75, 3.05) is 0 Å². The van der Waals surface area contributed by atoms with Crippen molar-refractivity contribution in [2.24, 2.45) is 0 Å². The van der Waals surface area contributed by atoms with Crippen molar-refractivity contribution in [1.29, 1.82) is 0 Å². The van der Waals surface area contributed by atoms with Crippen LogP contribution >= 0.6 is 11.3 Å². The summed E-state index contributed by atoms with van der Waals surface area (Å²) in [4.78, 5) is 15.0. The van der Waals surface area contributed by atoms with Gasteiger partial charge in [0.2, 0.25) is 0 Å². The second-order valence-electron chi connectivity index (χ2n) is 13.6. The monoisotopic (exact) mass is 707 g/mol. The Morgan fingerprint density at radius 3 is 2.00 bits per heavy atom. The first-order chi connectivity index (χ1) is 26.7. The van der Waals surface area contributed by atoms with E-state index < -0.39 is 0 Å². The summed E-state index contributed by atoms with van der Waals surface area (Å²) in [6.07, 6.45) is 1.87. The van der Waals surface area contributed by atoms with E-state index in [0.717, 1.165) is 83.2 Å². The highest BCUT2D eigenvalue weighted by atomic mass is 32.1. The lowest BCUT2D eigenvalue weighted by Crippen LogP contribution is -1.96. The third-order valence-corrected chi connectivity index (χ3v) is 11.5. The van der Waals surface area contributed by atoms with E-state index in [2.05, 4.69) is 145 Å². The van der Waals surface area contributed by atoms with Gasteiger partial charge in [0.25, 0.3) is 0 Å². The van der Waals surface area contributed by atoms with Crippen molar-refractivity contribution in [3.05, 3.63) is 176 Å². The fraction of sp³-hybridized carbons (Fsp3) is 0. The lowest BCUT2D eigenvalue weighted by molar-refractivity contribution is 0.670. The molecule has 0 bridgehead atoms. The number of hydrogen-bond donors (Lipinski definition) is 0. The molecule has 0 radical (unpaired) electrons. The van der Waals surface area contributed by atoms with Gasteiger partial charge in [0.1, 0.15) is 11.2 Å². The van der Waals surface area contributed by atoms with Gasteiger partial charge in [-0.25, -0.2) is 9.97 Å². The maximum atomic E-state index is 6.74. The topological polar surface area (TPSA) is 51.8 Å². The number of para-hydroxylation sites is 2. The summed E-state index contributed by atoms with van der Waals surface area (Å²) in [7, 11) is 0. The van der Waals surface area contributed by atoms with Crippen molar-refractivity contribution < 1.29 is 4.42 Å². The van der Waals surface area contributed by atoms with Crippen LogP contribution in [0.3, 0.4) is 0 Å². The summed E-state index contributed by atoms with van der Waals surface area (Å²) < 4.78 is 9.30. The molecule has 54 heavy (non-hydrogen) atoms. The van der Waals surface area contributed by atoms with E-state index in [-0.39, 0.29) is 0 Å². The Morgan fingerprint density at radius 1 is 0.426 bits per heavy atom. The fourth-order valence-corrected chi connectivity index (χ4v) is 8.93. The molecule has 4 nitrogen and oxygen atoms in total. The van der Waals surface area contributed by atoms with Gasteiger partial charge in [0, 0.05) is 64.8 Å². The minimum absolute atomic E-state index is 0.665. The molecule has 0 aliphatic heterocycles. The molecule has 11 aromatic rings. The number of furan rings is 1. The number of rotatable bonds is 5. The van der Waals surface area contributed by atoms with Gasteiger partial charge in [0.15, 0.2) is 5.82 Å². The summed E-state index contributed by atoms with van der Waals surface area (Å²) in [6.45, 7) is 0. The molecule has 4 aromatic heterocycles.